The van der Waals surface area contributed by atoms with Gasteiger partial charge in [-0.3, -0.25) is 0 Å². The van der Waals surface area contributed by atoms with Crippen LogP contribution in [-0.4, -0.2) is 34.5 Å². The van der Waals surface area contributed by atoms with Crippen molar-refractivity contribution in [3.63, 3.8) is 0 Å². The predicted molar refractivity (Wildman–Crippen MR) is 82.0 cm³/mol. The quantitative estimate of drug-likeness (QED) is 0.512. The lowest BCUT2D eigenvalue weighted by Crippen LogP contribution is -2.19. The second-order valence-electron chi connectivity index (χ2n) is 4.56. The van der Waals surface area contributed by atoms with Gasteiger partial charge in [0.1, 0.15) is 22.3 Å². The van der Waals surface area contributed by atoms with Gasteiger partial charge in [-0.15, -0.1) is 5.10 Å². The van der Waals surface area contributed by atoms with Crippen LogP contribution < -0.4 is 9.57 Å². The average molecular weight is 313 g/mol. The molecule has 2 aromatic carbocycles. The second-order valence-corrected chi connectivity index (χ2v) is 4.56. The Balaban J connectivity index is 1.68. The Bertz CT molecular complexity index is 816. The minimum Gasteiger partial charge on any atom is -0.462 e. The maximum Gasteiger partial charge on any atom is 0.341 e. The lowest BCUT2D eigenvalue weighted by atomic mass is 10.2. The summed E-state index contributed by atoms with van der Waals surface area (Å²) in [6.45, 7) is 1.93. The molecule has 23 heavy (non-hydrogen) atoms. The van der Waals surface area contributed by atoms with E-state index in [0.29, 0.717) is 17.9 Å². The molecule has 3 rings (SSSR count). The molecule has 0 spiro atoms. The van der Waals surface area contributed by atoms with Crippen LogP contribution in [0.1, 0.15) is 17.3 Å². The zero-order valence-electron chi connectivity index (χ0n) is 12.5. The smallest absolute Gasteiger partial charge is 0.341 e. The number of aromatic nitrogens is 3. The summed E-state index contributed by atoms with van der Waals surface area (Å²) in [7, 11) is 0. The lowest BCUT2D eigenvalue weighted by molar-refractivity contribution is -0.01000. The summed E-state index contributed by atoms with van der Waals surface area (Å²) in [4.78, 5) is 18.6. The summed E-state index contributed by atoms with van der Waals surface area (Å²) in [5.41, 5.74) is 1.80. The maximum atomic E-state index is 11.9. The van der Waals surface area contributed by atoms with Gasteiger partial charge in [0.25, 0.3) is 6.79 Å². The van der Waals surface area contributed by atoms with E-state index >= 15 is 0 Å². The van der Waals surface area contributed by atoms with Crippen molar-refractivity contribution in [2.45, 2.75) is 6.92 Å². The number of nitrogens with zero attached hydrogens (tertiary/aromatic N) is 3. The van der Waals surface area contributed by atoms with Crippen LogP contribution in [0, 0.1) is 0 Å². The molecule has 0 radical (unpaired) electrons. The molecular weight excluding hydrogens is 298 g/mol. The number of esters is 1. The summed E-state index contributed by atoms with van der Waals surface area (Å²) in [6, 6.07) is 14.2. The largest absolute Gasteiger partial charge is 0.462 e. The highest BCUT2D eigenvalue weighted by Gasteiger charge is 2.13. The van der Waals surface area contributed by atoms with Crippen molar-refractivity contribution in [3.05, 3.63) is 54.1 Å². The zero-order valence-corrected chi connectivity index (χ0v) is 12.5. The number of para-hydroxylation sites is 2. The molecule has 0 aliphatic rings. The van der Waals surface area contributed by atoms with E-state index in [1.54, 1.807) is 31.2 Å². The van der Waals surface area contributed by atoms with E-state index in [1.165, 1.54) is 4.85 Å². The van der Waals surface area contributed by atoms with E-state index in [9.17, 15) is 4.79 Å². The fourth-order valence-electron chi connectivity index (χ4n) is 2.05. The number of carbonyl (C=O) groups excluding carboxylic acids is 1. The average Bonchev–Trinajstić information content (AvgIpc) is 2.99. The van der Waals surface area contributed by atoms with Crippen LogP contribution in [-0.2, 0) is 4.74 Å². The summed E-state index contributed by atoms with van der Waals surface area (Å²) in [5, 5.41) is 7.86. The van der Waals surface area contributed by atoms with Crippen molar-refractivity contribution in [2.75, 3.05) is 13.4 Å². The highest BCUT2D eigenvalue weighted by atomic mass is 16.8. The highest BCUT2D eigenvalue weighted by Crippen LogP contribution is 2.19. The molecule has 0 aliphatic heterocycles. The molecule has 0 fully saturated rings. The third-order valence-corrected chi connectivity index (χ3v) is 3.09. The van der Waals surface area contributed by atoms with Crippen LogP contribution in [0.25, 0.3) is 11.0 Å². The number of fused-ring (bicyclic) bond motifs is 1. The molecule has 0 aliphatic carbocycles. The van der Waals surface area contributed by atoms with E-state index in [2.05, 4.69) is 10.3 Å². The van der Waals surface area contributed by atoms with Crippen LogP contribution in [0.4, 0.5) is 0 Å². The molecule has 7 heteroatoms. The Morgan fingerprint density at radius 3 is 2.78 bits per heavy atom. The third kappa shape index (κ3) is 3.23. The molecule has 0 N–H and O–H groups in total. The standard InChI is InChI=1S/C16H15N3O4/c1-2-21-16(20)12-7-3-6-10-15(12)22-11-23-19-14-9-5-4-8-13(14)17-18-19/h3-10H,2,11H2,1H3. The van der Waals surface area contributed by atoms with Gasteiger partial charge in [0, 0.05) is 0 Å². The Morgan fingerprint density at radius 1 is 1.13 bits per heavy atom. The van der Waals surface area contributed by atoms with Crippen molar-refractivity contribution in [1.29, 1.82) is 0 Å². The summed E-state index contributed by atoms with van der Waals surface area (Å²) < 4.78 is 10.5. The number of carbonyl (C=O) groups is 1. The fourth-order valence-corrected chi connectivity index (χ4v) is 2.05. The number of hydrogen-bond acceptors (Lipinski definition) is 6. The topological polar surface area (TPSA) is 75.5 Å². The van der Waals surface area contributed by atoms with Gasteiger partial charge in [-0.1, -0.05) is 29.1 Å². The molecule has 1 heterocycles. The normalized spacial score (nSPS) is 10.5. The van der Waals surface area contributed by atoms with Crippen molar-refractivity contribution < 1.29 is 19.1 Å². The van der Waals surface area contributed by atoms with Gasteiger partial charge in [-0.05, 0) is 36.4 Å². The summed E-state index contributed by atoms with van der Waals surface area (Å²) in [6.07, 6.45) is 0. The minimum atomic E-state index is -0.436. The van der Waals surface area contributed by atoms with Crippen LogP contribution >= 0.6 is 0 Å². The van der Waals surface area contributed by atoms with Crippen LogP contribution in [0.15, 0.2) is 48.5 Å². The van der Waals surface area contributed by atoms with Crippen LogP contribution in [0.3, 0.4) is 0 Å². The lowest BCUT2D eigenvalue weighted by Gasteiger charge is -2.11. The van der Waals surface area contributed by atoms with Gasteiger partial charge in [0.05, 0.1) is 6.61 Å². The van der Waals surface area contributed by atoms with E-state index in [-0.39, 0.29) is 6.79 Å². The fraction of sp³-hybridized carbons (Fsp3) is 0.188. The predicted octanol–water partition coefficient (Wildman–Crippen LogP) is 2.07. The van der Waals surface area contributed by atoms with E-state index in [0.717, 1.165) is 11.0 Å². The van der Waals surface area contributed by atoms with E-state index < -0.39 is 5.97 Å². The van der Waals surface area contributed by atoms with Crippen LogP contribution in [0.5, 0.6) is 5.75 Å². The van der Waals surface area contributed by atoms with Gasteiger partial charge in [-0.2, -0.15) is 0 Å². The van der Waals surface area contributed by atoms with Crippen molar-refractivity contribution in [1.82, 2.24) is 15.2 Å². The molecule has 0 bridgehead atoms. The molecule has 118 valence electrons. The molecular formula is C16H15N3O4. The van der Waals surface area contributed by atoms with Gasteiger partial charge in [0.2, 0.25) is 0 Å². The summed E-state index contributed by atoms with van der Waals surface area (Å²) >= 11 is 0. The summed E-state index contributed by atoms with van der Waals surface area (Å²) in [5.74, 6) is -0.0512. The number of benzene rings is 2. The van der Waals surface area contributed by atoms with Crippen LogP contribution in [0.2, 0.25) is 0 Å². The Labute approximate surface area is 132 Å². The van der Waals surface area contributed by atoms with Gasteiger partial charge >= 0.3 is 5.97 Å². The SMILES string of the molecule is CCOC(=O)c1ccccc1OCOn1nnc2ccccc21. The second kappa shape index (κ2) is 6.78. The van der Waals surface area contributed by atoms with Gasteiger partial charge in [-0.25, -0.2) is 4.79 Å². The first-order valence-corrected chi connectivity index (χ1v) is 7.12. The molecule has 0 unspecified atom stereocenters. The first kappa shape index (κ1) is 14.8. The first-order chi connectivity index (χ1) is 11.3. The Kier molecular flexibility index (Phi) is 4.37. The first-order valence-electron chi connectivity index (χ1n) is 7.12. The van der Waals surface area contributed by atoms with Crippen molar-refractivity contribution in [2.24, 2.45) is 0 Å². The minimum absolute atomic E-state index is 0.121. The van der Waals surface area contributed by atoms with Gasteiger partial charge < -0.3 is 14.3 Å². The zero-order chi connectivity index (χ0) is 16.1. The molecule has 3 aromatic rings. The number of rotatable bonds is 6. The van der Waals surface area contributed by atoms with E-state index in [1.807, 2.05) is 24.3 Å². The van der Waals surface area contributed by atoms with Gasteiger partial charge in [0.15, 0.2) is 0 Å². The molecule has 0 amide bonds. The number of ether oxygens (including phenoxy) is 2. The molecule has 0 saturated heterocycles. The molecule has 0 atom stereocenters. The maximum absolute atomic E-state index is 11.9. The molecule has 7 nitrogen and oxygen atoms in total. The Hall–Kier alpha value is -3.09. The highest BCUT2D eigenvalue weighted by molar-refractivity contribution is 5.92. The Morgan fingerprint density at radius 2 is 1.91 bits per heavy atom. The number of hydrogen-bond donors (Lipinski definition) is 0. The molecule has 0 saturated carbocycles. The third-order valence-electron chi connectivity index (χ3n) is 3.09. The van der Waals surface area contributed by atoms with E-state index in [4.69, 9.17) is 14.3 Å². The monoisotopic (exact) mass is 313 g/mol. The van der Waals surface area contributed by atoms with Crippen molar-refractivity contribution in [3.8, 4) is 5.75 Å². The van der Waals surface area contributed by atoms with Crippen molar-refractivity contribution >= 4 is 17.0 Å². The molecule has 1 aromatic heterocycles.